The number of para-hydroxylation sites is 1. The third-order valence-electron chi connectivity index (χ3n) is 2.38. The highest BCUT2D eigenvalue weighted by atomic mass is 16.3. The lowest BCUT2D eigenvalue weighted by Gasteiger charge is -1.98. The molecule has 0 aliphatic rings. The fourth-order valence-electron chi connectivity index (χ4n) is 1.45. The van der Waals surface area contributed by atoms with Crippen molar-refractivity contribution in [3.05, 3.63) is 59.7 Å². The van der Waals surface area contributed by atoms with E-state index >= 15 is 0 Å². The van der Waals surface area contributed by atoms with Crippen molar-refractivity contribution in [3.63, 3.8) is 0 Å². The molecule has 0 aromatic heterocycles. The molecule has 0 amide bonds. The first-order valence-electron chi connectivity index (χ1n) is 5.31. The van der Waals surface area contributed by atoms with E-state index in [1.54, 1.807) is 36.5 Å². The van der Waals surface area contributed by atoms with Crippen molar-refractivity contribution in [2.24, 2.45) is 4.99 Å². The lowest BCUT2D eigenvalue weighted by molar-refractivity contribution is 0.474. The first-order chi connectivity index (χ1) is 8.25. The van der Waals surface area contributed by atoms with Crippen molar-refractivity contribution >= 4 is 6.21 Å². The summed E-state index contributed by atoms with van der Waals surface area (Å²) in [5.74, 6) is 0.473. The Morgan fingerprint density at radius 1 is 0.941 bits per heavy atom. The van der Waals surface area contributed by atoms with Gasteiger partial charge >= 0.3 is 0 Å². The summed E-state index contributed by atoms with van der Waals surface area (Å²) in [6.07, 6.45) is 1.64. The summed E-state index contributed by atoms with van der Waals surface area (Å²) < 4.78 is 0. The van der Waals surface area contributed by atoms with Gasteiger partial charge in [0.1, 0.15) is 11.5 Å². The van der Waals surface area contributed by atoms with E-state index in [0.29, 0.717) is 12.1 Å². The van der Waals surface area contributed by atoms with Gasteiger partial charge < -0.3 is 10.2 Å². The number of hydrogen-bond donors (Lipinski definition) is 2. The SMILES string of the molecule is Oc1ccc(CN=Cc2ccccc2O)cc1. The topological polar surface area (TPSA) is 52.8 Å². The van der Waals surface area contributed by atoms with Gasteiger partial charge in [-0.25, -0.2) is 0 Å². The Morgan fingerprint density at radius 3 is 2.35 bits per heavy atom. The van der Waals surface area contributed by atoms with Gasteiger partial charge in [0.25, 0.3) is 0 Å². The minimum atomic E-state index is 0.224. The van der Waals surface area contributed by atoms with Crippen LogP contribution < -0.4 is 0 Å². The third-order valence-corrected chi connectivity index (χ3v) is 2.38. The number of hydrogen-bond acceptors (Lipinski definition) is 3. The van der Waals surface area contributed by atoms with Crippen LogP contribution >= 0.6 is 0 Å². The number of benzene rings is 2. The van der Waals surface area contributed by atoms with Crippen LogP contribution in [0.3, 0.4) is 0 Å². The second-order valence-corrected chi connectivity index (χ2v) is 3.70. The molecule has 17 heavy (non-hydrogen) atoms. The van der Waals surface area contributed by atoms with E-state index in [1.165, 1.54) is 0 Å². The van der Waals surface area contributed by atoms with Crippen LogP contribution in [0.15, 0.2) is 53.5 Å². The van der Waals surface area contributed by atoms with E-state index in [1.807, 2.05) is 18.2 Å². The van der Waals surface area contributed by atoms with Crippen molar-refractivity contribution in [1.82, 2.24) is 0 Å². The summed E-state index contributed by atoms with van der Waals surface area (Å²) in [4.78, 5) is 4.24. The Morgan fingerprint density at radius 2 is 1.65 bits per heavy atom. The molecule has 0 bridgehead atoms. The molecule has 2 N–H and O–H groups in total. The summed E-state index contributed by atoms with van der Waals surface area (Å²) in [6, 6.07) is 13.9. The van der Waals surface area contributed by atoms with Crippen LogP contribution in [0.2, 0.25) is 0 Å². The molecule has 0 saturated heterocycles. The maximum atomic E-state index is 9.52. The molecule has 0 saturated carbocycles. The Hall–Kier alpha value is -2.29. The summed E-state index contributed by atoms with van der Waals surface area (Å²) >= 11 is 0. The third kappa shape index (κ3) is 3.08. The number of phenolic OH excluding ortho intramolecular Hbond substituents is 2. The van der Waals surface area contributed by atoms with Crippen molar-refractivity contribution in [1.29, 1.82) is 0 Å². The monoisotopic (exact) mass is 227 g/mol. The molecule has 2 rings (SSSR count). The predicted octanol–water partition coefficient (Wildman–Crippen LogP) is 2.72. The molecular formula is C14H13NO2. The zero-order valence-electron chi connectivity index (χ0n) is 9.24. The normalized spacial score (nSPS) is 10.8. The molecule has 0 aliphatic heterocycles. The summed E-state index contributed by atoms with van der Waals surface area (Å²) in [6.45, 7) is 0.522. The Balaban J connectivity index is 2.03. The standard InChI is InChI=1S/C14H13NO2/c16-13-7-5-11(6-8-13)9-15-10-12-3-1-2-4-14(12)17/h1-8,10,16-17H,9H2. The summed E-state index contributed by atoms with van der Waals surface area (Å²) in [7, 11) is 0. The summed E-state index contributed by atoms with van der Waals surface area (Å²) in [5.41, 5.74) is 1.71. The molecule has 0 spiro atoms. The molecule has 0 atom stereocenters. The van der Waals surface area contributed by atoms with Crippen molar-refractivity contribution in [2.45, 2.75) is 6.54 Å². The second-order valence-electron chi connectivity index (χ2n) is 3.70. The van der Waals surface area contributed by atoms with Crippen LogP contribution in [-0.4, -0.2) is 16.4 Å². The van der Waals surface area contributed by atoms with Gasteiger partial charge in [-0.05, 0) is 29.8 Å². The van der Waals surface area contributed by atoms with Gasteiger partial charge in [0.2, 0.25) is 0 Å². The average molecular weight is 227 g/mol. The highest BCUT2D eigenvalue weighted by molar-refractivity contribution is 5.83. The fraction of sp³-hybridized carbons (Fsp3) is 0.0714. The molecule has 0 heterocycles. The highest BCUT2D eigenvalue weighted by Gasteiger charge is 1.95. The van der Waals surface area contributed by atoms with E-state index in [4.69, 9.17) is 5.11 Å². The number of nitrogens with zero attached hydrogens (tertiary/aromatic N) is 1. The number of rotatable bonds is 3. The zero-order valence-corrected chi connectivity index (χ0v) is 9.24. The minimum absolute atomic E-state index is 0.224. The molecule has 3 heteroatoms. The van der Waals surface area contributed by atoms with Gasteiger partial charge in [0.05, 0.1) is 6.54 Å². The van der Waals surface area contributed by atoms with E-state index in [9.17, 15) is 5.11 Å². The number of aromatic hydroxyl groups is 2. The molecule has 86 valence electrons. The molecule has 3 nitrogen and oxygen atoms in total. The van der Waals surface area contributed by atoms with Crippen molar-refractivity contribution < 1.29 is 10.2 Å². The fourth-order valence-corrected chi connectivity index (χ4v) is 1.45. The van der Waals surface area contributed by atoms with Crippen LogP contribution in [0.4, 0.5) is 0 Å². The van der Waals surface area contributed by atoms with E-state index in [-0.39, 0.29) is 11.5 Å². The first-order valence-corrected chi connectivity index (χ1v) is 5.31. The van der Waals surface area contributed by atoms with Crippen molar-refractivity contribution in [2.75, 3.05) is 0 Å². The predicted molar refractivity (Wildman–Crippen MR) is 67.5 cm³/mol. The second kappa shape index (κ2) is 5.16. The molecule has 2 aromatic rings. The minimum Gasteiger partial charge on any atom is -0.508 e. The van der Waals surface area contributed by atoms with Gasteiger partial charge in [0, 0.05) is 11.8 Å². The largest absolute Gasteiger partial charge is 0.508 e. The molecule has 2 aromatic carbocycles. The van der Waals surface area contributed by atoms with E-state index in [0.717, 1.165) is 5.56 Å². The van der Waals surface area contributed by atoms with Gasteiger partial charge in [-0.15, -0.1) is 0 Å². The van der Waals surface area contributed by atoms with Crippen LogP contribution in [0.5, 0.6) is 11.5 Å². The quantitative estimate of drug-likeness (QED) is 0.792. The lowest BCUT2D eigenvalue weighted by atomic mass is 10.2. The van der Waals surface area contributed by atoms with Gasteiger partial charge in [-0.1, -0.05) is 24.3 Å². The molecule has 0 unspecified atom stereocenters. The lowest BCUT2D eigenvalue weighted by Crippen LogP contribution is -1.84. The maximum Gasteiger partial charge on any atom is 0.124 e. The maximum absolute atomic E-state index is 9.52. The van der Waals surface area contributed by atoms with Gasteiger partial charge in [-0.2, -0.15) is 0 Å². The summed E-state index contributed by atoms with van der Waals surface area (Å²) in [5, 5.41) is 18.6. The van der Waals surface area contributed by atoms with Crippen molar-refractivity contribution in [3.8, 4) is 11.5 Å². The Labute approximate surface area is 99.7 Å². The van der Waals surface area contributed by atoms with Gasteiger partial charge in [-0.3, -0.25) is 4.99 Å². The molecule has 0 fully saturated rings. The van der Waals surface area contributed by atoms with Crippen LogP contribution in [0, 0.1) is 0 Å². The van der Waals surface area contributed by atoms with Gasteiger partial charge in [0.15, 0.2) is 0 Å². The van der Waals surface area contributed by atoms with E-state index < -0.39 is 0 Å². The smallest absolute Gasteiger partial charge is 0.124 e. The molecule has 0 aliphatic carbocycles. The highest BCUT2D eigenvalue weighted by Crippen LogP contribution is 2.14. The Bertz CT molecular complexity index is 518. The zero-order chi connectivity index (χ0) is 12.1. The number of aliphatic imine (C=N–C) groups is 1. The van der Waals surface area contributed by atoms with Crippen LogP contribution in [0.1, 0.15) is 11.1 Å². The average Bonchev–Trinajstić information content (AvgIpc) is 2.34. The van der Waals surface area contributed by atoms with Crippen LogP contribution in [0.25, 0.3) is 0 Å². The molecule has 0 radical (unpaired) electrons. The number of phenols is 2. The van der Waals surface area contributed by atoms with E-state index in [2.05, 4.69) is 4.99 Å². The first kappa shape index (κ1) is 11.2. The Kier molecular flexibility index (Phi) is 3.40. The molecular weight excluding hydrogens is 214 g/mol. The van der Waals surface area contributed by atoms with Crippen LogP contribution in [-0.2, 0) is 6.54 Å².